The van der Waals surface area contributed by atoms with Crippen molar-refractivity contribution in [2.45, 2.75) is 33.2 Å². The zero-order chi connectivity index (χ0) is 9.84. The highest BCUT2D eigenvalue weighted by atomic mass is 79.9. The van der Waals surface area contributed by atoms with Gasteiger partial charge in [0.1, 0.15) is 5.82 Å². The van der Waals surface area contributed by atoms with Gasteiger partial charge in [0.25, 0.3) is 0 Å². The predicted octanol–water partition coefficient (Wildman–Crippen LogP) is 3.36. The average molecular weight is 243 g/mol. The molecule has 1 N–H and O–H groups in total. The maximum absolute atomic E-state index is 4.40. The summed E-state index contributed by atoms with van der Waals surface area (Å²) in [7, 11) is 0. The molecule has 3 heteroatoms. The molecule has 0 aliphatic rings. The third-order valence-corrected chi connectivity index (χ3v) is 2.87. The Bertz CT molecular complexity index is 286. The van der Waals surface area contributed by atoms with Gasteiger partial charge in [-0.3, -0.25) is 0 Å². The maximum Gasteiger partial charge on any atom is 0.126 e. The molecule has 1 atom stereocenters. The molecular weight excluding hydrogens is 228 g/mol. The van der Waals surface area contributed by atoms with Gasteiger partial charge in [0.05, 0.1) is 5.69 Å². The minimum absolute atomic E-state index is 0.480. The molecule has 0 saturated carbocycles. The number of pyridine rings is 1. The SMILES string of the molecule is CCC(C)Nc1ccc(Br)c(C)n1. The zero-order valence-corrected chi connectivity index (χ0v) is 9.85. The fraction of sp³-hybridized carbons (Fsp3) is 0.500. The fourth-order valence-electron chi connectivity index (χ4n) is 0.979. The number of halogens is 1. The maximum atomic E-state index is 4.40. The Morgan fingerprint density at radius 2 is 2.23 bits per heavy atom. The number of nitrogens with one attached hydrogen (secondary N) is 1. The molecule has 1 aromatic heterocycles. The van der Waals surface area contributed by atoms with Gasteiger partial charge in [-0.15, -0.1) is 0 Å². The van der Waals surface area contributed by atoms with Crippen LogP contribution in [0.4, 0.5) is 5.82 Å². The Morgan fingerprint density at radius 3 is 2.77 bits per heavy atom. The van der Waals surface area contributed by atoms with Crippen molar-refractivity contribution < 1.29 is 0 Å². The van der Waals surface area contributed by atoms with E-state index < -0.39 is 0 Å². The van der Waals surface area contributed by atoms with Gasteiger partial charge in [0.15, 0.2) is 0 Å². The van der Waals surface area contributed by atoms with Crippen LogP contribution in [0.3, 0.4) is 0 Å². The molecule has 0 aliphatic heterocycles. The van der Waals surface area contributed by atoms with Gasteiger partial charge < -0.3 is 5.32 Å². The molecule has 0 saturated heterocycles. The highest BCUT2D eigenvalue weighted by molar-refractivity contribution is 9.10. The molecule has 0 amide bonds. The fourth-order valence-corrected chi connectivity index (χ4v) is 1.20. The highest BCUT2D eigenvalue weighted by Crippen LogP contribution is 2.16. The number of anilines is 1. The van der Waals surface area contributed by atoms with E-state index in [9.17, 15) is 0 Å². The van der Waals surface area contributed by atoms with Gasteiger partial charge >= 0.3 is 0 Å². The van der Waals surface area contributed by atoms with E-state index >= 15 is 0 Å². The largest absolute Gasteiger partial charge is 0.368 e. The molecule has 13 heavy (non-hydrogen) atoms. The lowest BCUT2D eigenvalue weighted by Gasteiger charge is -2.12. The Kier molecular flexibility index (Phi) is 3.72. The number of rotatable bonds is 3. The van der Waals surface area contributed by atoms with Crippen molar-refractivity contribution in [3.63, 3.8) is 0 Å². The summed E-state index contributed by atoms with van der Waals surface area (Å²) in [4.78, 5) is 4.40. The number of nitrogens with zero attached hydrogens (tertiary/aromatic N) is 1. The van der Waals surface area contributed by atoms with E-state index in [0.717, 1.165) is 22.4 Å². The third kappa shape index (κ3) is 2.99. The van der Waals surface area contributed by atoms with Crippen molar-refractivity contribution in [3.05, 3.63) is 22.3 Å². The summed E-state index contributed by atoms with van der Waals surface area (Å²) in [6, 6.07) is 4.49. The van der Waals surface area contributed by atoms with Crippen molar-refractivity contribution in [2.75, 3.05) is 5.32 Å². The first-order chi connectivity index (χ1) is 6.13. The van der Waals surface area contributed by atoms with Gasteiger partial charge in [-0.05, 0) is 48.3 Å². The zero-order valence-electron chi connectivity index (χ0n) is 8.26. The normalized spacial score (nSPS) is 12.6. The second-order valence-electron chi connectivity index (χ2n) is 3.22. The molecule has 0 radical (unpaired) electrons. The Labute approximate surface area is 87.9 Å². The lowest BCUT2D eigenvalue weighted by molar-refractivity contribution is 0.758. The first-order valence-electron chi connectivity index (χ1n) is 4.53. The molecule has 0 fully saturated rings. The van der Waals surface area contributed by atoms with E-state index in [2.05, 4.69) is 40.1 Å². The molecule has 72 valence electrons. The van der Waals surface area contributed by atoms with E-state index in [-0.39, 0.29) is 0 Å². The highest BCUT2D eigenvalue weighted by Gasteiger charge is 2.01. The van der Waals surface area contributed by atoms with Gasteiger partial charge in [-0.1, -0.05) is 6.92 Å². The Balaban J connectivity index is 2.73. The van der Waals surface area contributed by atoms with Crippen LogP contribution in [0.2, 0.25) is 0 Å². The van der Waals surface area contributed by atoms with Crippen LogP contribution < -0.4 is 5.32 Å². The number of aromatic nitrogens is 1. The summed E-state index contributed by atoms with van der Waals surface area (Å²) in [6.07, 6.45) is 1.11. The first-order valence-corrected chi connectivity index (χ1v) is 5.32. The summed E-state index contributed by atoms with van der Waals surface area (Å²) < 4.78 is 1.06. The van der Waals surface area contributed by atoms with Crippen LogP contribution in [-0.4, -0.2) is 11.0 Å². The minimum atomic E-state index is 0.480. The molecule has 1 rings (SSSR count). The van der Waals surface area contributed by atoms with Gasteiger partial charge in [-0.25, -0.2) is 4.98 Å². The molecule has 0 aliphatic carbocycles. The topological polar surface area (TPSA) is 24.9 Å². The second-order valence-corrected chi connectivity index (χ2v) is 4.07. The number of hydrogen-bond acceptors (Lipinski definition) is 2. The van der Waals surface area contributed by atoms with E-state index in [1.54, 1.807) is 0 Å². The molecule has 0 aromatic carbocycles. The molecule has 0 spiro atoms. The van der Waals surface area contributed by atoms with Crippen molar-refractivity contribution in [2.24, 2.45) is 0 Å². The predicted molar refractivity (Wildman–Crippen MR) is 60.0 cm³/mol. The van der Waals surface area contributed by atoms with Crippen molar-refractivity contribution in [1.29, 1.82) is 0 Å². The summed E-state index contributed by atoms with van der Waals surface area (Å²) in [6.45, 7) is 6.30. The number of aryl methyl sites for hydroxylation is 1. The number of hydrogen-bond donors (Lipinski definition) is 1. The van der Waals surface area contributed by atoms with Crippen molar-refractivity contribution in [1.82, 2.24) is 4.98 Å². The van der Waals surface area contributed by atoms with Gasteiger partial charge in [0.2, 0.25) is 0 Å². The van der Waals surface area contributed by atoms with Crippen LogP contribution in [0.15, 0.2) is 16.6 Å². The summed E-state index contributed by atoms with van der Waals surface area (Å²) in [5.41, 5.74) is 1.02. The van der Waals surface area contributed by atoms with Crippen LogP contribution in [0.1, 0.15) is 26.0 Å². The van der Waals surface area contributed by atoms with Crippen LogP contribution in [0.25, 0.3) is 0 Å². The minimum Gasteiger partial charge on any atom is -0.368 e. The second kappa shape index (κ2) is 4.61. The van der Waals surface area contributed by atoms with E-state index in [1.165, 1.54) is 0 Å². The first kappa shape index (κ1) is 10.5. The molecular formula is C10H15BrN2. The van der Waals surface area contributed by atoms with E-state index in [0.29, 0.717) is 6.04 Å². The summed E-state index contributed by atoms with van der Waals surface area (Å²) in [5.74, 6) is 0.954. The summed E-state index contributed by atoms with van der Waals surface area (Å²) in [5, 5.41) is 3.33. The molecule has 1 aromatic rings. The molecule has 0 bridgehead atoms. The van der Waals surface area contributed by atoms with Crippen LogP contribution in [-0.2, 0) is 0 Å². The van der Waals surface area contributed by atoms with Crippen LogP contribution in [0.5, 0.6) is 0 Å². The quantitative estimate of drug-likeness (QED) is 0.880. The van der Waals surface area contributed by atoms with Gasteiger partial charge in [-0.2, -0.15) is 0 Å². The third-order valence-electron chi connectivity index (χ3n) is 2.03. The average Bonchev–Trinajstić information content (AvgIpc) is 2.11. The molecule has 1 heterocycles. The smallest absolute Gasteiger partial charge is 0.126 e. The monoisotopic (exact) mass is 242 g/mol. The van der Waals surface area contributed by atoms with Gasteiger partial charge in [0, 0.05) is 10.5 Å². The van der Waals surface area contributed by atoms with E-state index in [4.69, 9.17) is 0 Å². The van der Waals surface area contributed by atoms with E-state index in [1.807, 2.05) is 19.1 Å². The van der Waals surface area contributed by atoms with Crippen molar-refractivity contribution >= 4 is 21.7 Å². The Morgan fingerprint density at radius 1 is 1.54 bits per heavy atom. The molecule has 1 unspecified atom stereocenters. The van der Waals surface area contributed by atoms with Crippen LogP contribution >= 0.6 is 15.9 Å². The summed E-state index contributed by atoms with van der Waals surface area (Å²) >= 11 is 3.42. The lowest BCUT2D eigenvalue weighted by atomic mass is 10.2. The van der Waals surface area contributed by atoms with Crippen molar-refractivity contribution in [3.8, 4) is 0 Å². The van der Waals surface area contributed by atoms with Crippen LogP contribution in [0, 0.1) is 6.92 Å². The lowest BCUT2D eigenvalue weighted by Crippen LogP contribution is -2.14. The Hall–Kier alpha value is -0.570. The standard InChI is InChI=1S/C10H15BrN2/c1-4-7(2)12-10-6-5-9(11)8(3)13-10/h5-7H,4H2,1-3H3,(H,12,13). The molecule has 2 nitrogen and oxygen atoms in total.